The Morgan fingerprint density at radius 1 is 0.656 bits per heavy atom. The van der Waals surface area contributed by atoms with E-state index in [1.807, 2.05) is 0 Å². The Bertz CT molecular complexity index is 922. The van der Waals surface area contributed by atoms with Crippen LogP contribution in [0, 0.1) is 0 Å². The van der Waals surface area contributed by atoms with E-state index in [-0.39, 0.29) is 57.1 Å². The van der Waals surface area contributed by atoms with Gasteiger partial charge < -0.3 is 31.5 Å². The highest BCUT2D eigenvalue weighted by Crippen LogP contribution is 2.39. The highest BCUT2D eigenvalue weighted by Gasteiger charge is 2.34. The Labute approximate surface area is 196 Å². The molecule has 0 radical (unpaired) electrons. The second-order valence-corrected chi connectivity index (χ2v) is 8.00. The number of nitrogens with one attached hydrogen (secondary N) is 4. The lowest BCUT2D eigenvalue weighted by Gasteiger charge is -2.24. The molecule has 2 aromatic carbocycles. The van der Waals surface area contributed by atoms with E-state index in [2.05, 4.69) is 21.3 Å². The molecule has 0 saturated carbocycles. The molecule has 0 atom stereocenters. The Morgan fingerprint density at radius 2 is 1.06 bits per heavy atom. The highest BCUT2D eigenvalue weighted by molar-refractivity contribution is 6.43. The summed E-state index contributed by atoms with van der Waals surface area (Å²) in [6, 6.07) is 6.41. The first kappa shape index (κ1) is 24.4. The average Bonchev–Trinajstić information content (AvgIpc) is 2.78. The number of carbonyl (C=O) groups is 2. The number of benzene rings is 2. The van der Waals surface area contributed by atoms with E-state index in [1.165, 1.54) is 12.1 Å². The molecule has 0 aliphatic heterocycles. The van der Waals surface area contributed by atoms with Crippen LogP contribution in [-0.2, 0) is 0 Å². The van der Waals surface area contributed by atoms with Gasteiger partial charge in [0, 0.05) is 61.8 Å². The molecule has 10 heteroatoms. The maximum Gasteiger partial charge on any atom is 0.196 e. The van der Waals surface area contributed by atoms with E-state index < -0.39 is 0 Å². The van der Waals surface area contributed by atoms with Crippen molar-refractivity contribution in [3.05, 3.63) is 56.6 Å². The van der Waals surface area contributed by atoms with E-state index in [4.69, 9.17) is 33.4 Å². The molecular weight excluding hydrogens is 455 g/mol. The standard InChI is InChI=1S/C22H26Cl2N4O4/c23-15-11-13-14(12-16(15)24)22(32)20-18(28-6-4-26-8-10-30)2-1-17(19(20)21(13)31)27-5-3-25-7-9-29/h1-2,11-12,25-30H,3-10H2. The summed E-state index contributed by atoms with van der Waals surface area (Å²) in [6.07, 6.45) is 0. The zero-order valence-electron chi connectivity index (χ0n) is 17.4. The van der Waals surface area contributed by atoms with Crippen LogP contribution in [0.2, 0.25) is 10.0 Å². The molecule has 1 aliphatic rings. The summed E-state index contributed by atoms with van der Waals surface area (Å²) in [5, 5.41) is 30.7. The van der Waals surface area contributed by atoms with Gasteiger partial charge in [0.1, 0.15) is 0 Å². The SMILES string of the molecule is O=C1c2cc(Cl)c(Cl)cc2C(=O)c2c(NCCNCCO)ccc(NCCNCCO)c21. The Morgan fingerprint density at radius 3 is 1.44 bits per heavy atom. The molecular formula is C22H26Cl2N4O4. The number of ketones is 2. The first-order valence-corrected chi connectivity index (χ1v) is 11.1. The summed E-state index contributed by atoms with van der Waals surface area (Å²) in [5.41, 5.74) is 2.11. The summed E-state index contributed by atoms with van der Waals surface area (Å²) in [5.74, 6) is -0.609. The van der Waals surface area contributed by atoms with Crippen LogP contribution in [0.1, 0.15) is 31.8 Å². The van der Waals surface area contributed by atoms with E-state index in [0.717, 1.165) is 0 Å². The van der Waals surface area contributed by atoms with Crippen molar-refractivity contribution in [2.24, 2.45) is 0 Å². The lowest BCUT2D eigenvalue weighted by molar-refractivity contribution is 0.0980. The largest absolute Gasteiger partial charge is 0.395 e. The third-order valence-electron chi connectivity index (χ3n) is 5.02. The van der Waals surface area contributed by atoms with Crippen molar-refractivity contribution >= 4 is 46.1 Å². The topological polar surface area (TPSA) is 123 Å². The average molecular weight is 481 g/mol. The summed E-state index contributed by atoms with van der Waals surface area (Å²) in [7, 11) is 0. The minimum atomic E-state index is -0.305. The molecule has 1 aliphatic carbocycles. The first-order chi connectivity index (χ1) is 15.5. The summed E-state index contributed by atoms with van der Waals surface area (Å²) in [4.78, 5) is 26.9. The lowest BCUT2D eigenvalue weighted by atomic mass is 9.82. The van der Waals surface area contributed by atoms with Gasteiger partial charge >= 0.3 is 0 Å². The molecule has 8 nitrogen and oxygen atoms in total. The Hall–Kier alpha value is -2.20. The fraction of sp³-hybridized carbons (Fsp3) is 0.364. The van der Waals surface area contributed by atoms with Gasteiger partial charge in [0.05, 0.1) is 34.4 Å². The third kappa shape index (κ3) is 5.40. The molecule has 0 saturated heterocycles. The third-order valence-corrected chi connectivity index (χ3v) is 5.74. The van der Waals surface area contributed by atoms with Crippen LogP contribution in [0.25, 0.3) is 0 Å². The van der Waals surface area contributed by atoms with Crippen molar-refractivity contribution in [2.45, 2.75) is 0 Å². The lowest BCUT2D eigenvalue weighted by Crippen LogP contribution is -2.28. The minimum absolute atomic E-state index is 0.0377. The van der Waals surface area contributed by atoms with Gasteiger partial charge in [-0.15, -0.1) is 0 Å². The number of hydrogen-bond acceptors (Lipinski definition) is 8. The number of carbonyl (C=O) groups excluding carboxylic acids is 2. The highest BCUT2D eigenvalue weighted by atomic mass is 35.5. The van der Waals surface area contributed by atoms with Gasteiger partial charge in [0.2, 0.25) is 0 Å². The summed E-state index contributed by atoms with van der Waals surface area (Å²) in [6.45, 7) is 3.16. The molecule has 2 aromatic rings. The van der Waals surface area contributed by atoms with Crippen LogP contribution in [0.3, 0.4) is 0 Å². The van der Waals surface area contributed by atoms with Crippen LogP contribution in [0.5, 0.6) is 0 Å². The van der Waals surface area contributed by atoms with Gasteiger partial charge in [-0.05, 0) is 24.3 Å². The van der Waals surface area contributed by atoms with E-state index in [0.29, 0.717) is 50.6 Å². The second kappa shape index (κ2) is 11.6. The number of fused-ring (bicyclic) bond motifs is 2. The van der Waals surface area contributed by atoms with Gasteiger partial charge in [-0.25, -0.2) is 0 Å². The molecule has 0 unspecified atom stereocenters. The minimum Gasteiger partial charge on any atom is -0.395 e. The quantitative estimate of drug-likeness (QED) is 0.217. The van der Waals surface area contributed by atoms with Crippen molar-refractivity contribution in [3.63, 3.8) is 0 Å². The maximum absolute atomic E-state index is 13.4. The normalized spacial score (nSPS) is 12.5. The molecule has 0 aromatic heterocycles. The van der Waals surface area contributed by atoms with Gasteiger partial charge in [-0.1, -0.05) is 23.2 Å². The van der Waals surface area contributed by atoms with Crippen LogP contribution >= 0.6 is 23.2 Å². The smallest absolute Gasteiger partial charge is 0.196 e. The number of aliphatic hydroxyl groups excluding tert-OH is 2. The van der Waals surface area contributed by atoms with Gasteiger partial charge in [0.15, 0.2) is 11.6 Å². The van der Waals surface area contributed by atoms with Crippen molar-refractivity contribution in [1.82, 2.24) is 10.6 Å². The van der Waals surface area contributed by atoms with Gasteiger partial charge in [0.25, 0.3) is 0 Å². The maximum atomic E-state index is 13.4. The van der Waals surface area contributed by atoms with E-state index in [1.54, 1.807) is 12.1 Å². The van der Waals surface area contributed by atoms with Crippen molar-refractivity contribution < 1.29 is 19.8 Å². The Balaban J connectivity index is 1.94. The molecule has 0 heterocycles. The van der Waals surface area contributed by atoms with Crippen LogP contribution in [0.15, 0.2) is 24.3 Å². The fourth-order valence-electron chi connectivity index (χ4n) is 3.54. The van der Waals surface area contributed by atoms with Crippen molar-refractivity contribution in [1.29, 1.82) is 0 Å². The molecule has 3 rings (SSSR count). The molecule has 0 amide bonds. The van der Waals surface area contributed by atoms with Crippen molar-refractivity contribution in [2.75, 3.05) is 63.1 Å². The Kier molecular flexibility index (Phi) is 8.86. The van der Waals surface area contributed by atoms with Crippen LogP contribution in [0.4, 0.5) is 11.4 Å². The molecule has 32 heavy (non-hydrogen) atoms. The number of rotatable bonds is 12. The van der Waals surface area contributed by atoms with E-state index >= 15 is 0 Å². The molecule has 0 spiro atoms. The van der Waals surface area contributed by atoms with Gasteiger partial charge in [-0.3, -0.25) is 9.59 Å². The molecule has 0 fully saturated rings. The summed E-state index contributed by atoms with van der Waals surface area (Å²) >= 11 is 12.2. The zero-order valence-corrected chi connectivity index (χ0v) is 18.9. The monoisotopic (exact) mass is 480 g/mol. The molecule has 0 bridgehead atoms. The zero-order chi connectivity index (χ0) is 23.1. The second-order valence-electron chi connectivity index (χ2n) is 7.18. The molecule has 172 valence electrons. The summed E-state index contributed by atoms with van der Waals surface area (Å²) < 4.78 is 0. The van der Waals surface area contributed by atoms with Crippen molar-refractivity contribution in [3.8, 4) is 0 Å². The van der Waals surface area contributed by atoms with Crippen LogP contribution in [-0.4, -0.2) is 74.3 Å². The number of halogens is 2. The van der Waals surface area contributed by atoms with Crippen LogP contribution < -0.4 is 21.3 Å². The number of anilines is 2. The predicted octanol–water partition coefficient (Wildman–Crippen LogP) is 1.76. The predicted molar refractivity (Wildman–Crippen MR) is 127 cm³/mol. The first-order valence-electron chi connectivity index (χ1n) is 10.4. The van der Waals surface area contributed by atoms with E-state index in [9.17, 15) is 9.59 Å². The molecule has 6 N–H and O–H groups in total. The number of hydrogen-bond donors (Lipinski definition) is 6. The number of aliphatic hydroxyl groups is 2. The fourth-order valence-corrected chi connectivity index (χ4v) is 3.87. The van der Waals surface area contributed by atoms with Gasteiger partial charge in [-0.2, -0.15) is 0 Å².